The van der Waals surface area contributed by atoms with Gasteiger partial charge in [-0.05, 0) is 0 Å². The van der Waals surface area contributed by atoms with Gasteiger partial charge in [-0.15, -0.1) is 0 Å². The Bertz CT molecular complexity index is 164. The van der Waals surface area contributed by atoms with Crippen LogP contribution in [0.3, 0.4) is 0 Å². The maximum atomic E-state index is 9.16. The second-order valence-electron chi connectivity index (χ2n) is 0.545. The Morgan fingerprint density at radius 3 is 1.71 bits per heavy atom. The molecule has 0 N–H and O–H groups in total. The number of rotatable bonds is 0. The van der Waals surface area contributed by atoms with Crippen molar-refractivity contribution in [3.63, 3.8) is 0 Å². The molecule has 0 saturated heterocycles. The first-order chi connectivity index (χ1) is 2.56. The maximum Gasteiger partial charge on any atom is 1.00 e. The van der Waals surface area contributed by atoms with Crippen LogP contribution in [-0.2, 0) is 7.67 Å². The van der Waals surface area contributed by atoms with Crippen LogP contribution >= 0.6 is 0 Å². The summed E-state index contributed by atoms with van der Waals surface area (Å²) >= 11 is -5.22. The van der Waals surface area contributed by atoms with Gasteiger partial charge in [-0.25, -0.2) is 0 Å². The van der Waals surface area contributed by atoms with Crippen LogP contribution in [-0.4, -0.2) is 13.0 Å². The monoisotopic (exact) mass is 177 g/mol. The molecule has 0 radical (unpaired) electrons. The SMILES string of the molecule is N#C[Se](=O)(=O)[O-].[Na+]. The Morgan fingerprint density at radius 2 is 1.71 bits per heavy atom. The summed E-state index contributed by atoms with van der Waals surface area (Å²) in [7, 11) is 0. The summed E-state index contributed by atoms with van der Waals surface area (Å²) in [6.07, 6.45) is 0. The molecular weight excluding hydrogens is 176 g/mol. The number of nitriles is 1. The van der Waals surface area contributed by atoms with E-state index in [2.05, 4.69) is 0 Å². The molecule has 0 aliphatic heterocycles. The molecule has 7 heavy (non-hydrogen) atoms. The Hall–Kier alpha value is 0.569. The number of nitrogens with zero attached hydrogens (tertiary/aromatic N) is 1. The summed E-state index contributed by atoms with van der Waals surface area (Å²) in [5.41, 5.74) is 0. The molecule has 6 heteroatoms. The first-order valence-corrected chi connectivity index (χ1v) is 3.88. The summed E-state index contributed by atoms with van der Waals surface area (Å²) in [5.74, 6) is 0. The van der Waals surface area contributed by atoms with Crippen LogP contribution in [0.15, 0.2) is 0 Å². The van der Waals surface area contributed by atoms with Crippen LogP contribution in [0, 0.1) is 10.2 Å². The number of hydrogen-bond donors (Lipinski definition) is 0. The van der Waals surface area contributed by atoms with E-state index in [9.17, 15) is 0 Å². The van der Waals surface area contributed by atoms with Crippen molar-refractivity contribution in [3.8, 4) is 4.97 Å². The molecule has 0 rings (SSSR count). The van der Waals surface area contributed by atoms with E-state index in [1.807, 2.05) is 0 Å². The molecule has 0 aromatic heterocycles. The van der Waals surface area contributed by atoms with Gasteiger partial charge in [0.25, 0.3) is 0 Å². The van der Waals surface area contributed by atoms with Gasteiger partial charge in [0.15, 0.2) is 0 Å². The van der Waals surface area contributed by atoms with Gasteiger partial charge >= 0.3 is 64.7 Å². The molecule has 34 valence electrons. The Labute approximate surface area is 64.4 Å². The summed E-state index contributed by atoms with van der Waals surface area (Å²) in [5, 5.41) is 7.28. The van der Waals surface area contributed by atoms with E-state index in [0.29, 0.717) is 4.97 Å². The van der Waals surface area contributed by atoms with E-state index >= 15 is 0 Å². The minimum absolute atomic E-state index is 0. The first-order valence-electron chi connectivity index (χ1n) is 0.928. The number of hydrogen-bond acceptors (Lipinski definition) is 4. The first kappa shape index (κ1) is 10.5. The molecule has 0 aliphatic rings. The Morgan fingerprint density at radius 1 is 1.57 bits per heavy atom. The Kier molecular flexibility index (Phi) is 5.35. The molecule has 0 saturated carbocycles. The molecule has 0 fully saturated rings. The fourth-order valence-corrected chi connectivity index (χ4v) is 0. The van der Waals surface area contributed by atoms with Gasteiger partial charge in [0.1, 0.15) is 0 Å². The van der Waals surface area contributed by atoms with Crippen molar-refractivity contribution < 1.29 is 41.4 Å². The standard InChI is InChI=1S/CHNO3Se.Na/c2-1-6(3,4)5;/h(H,3,4,5);/q;+1/p-1. The molecule has 0 aliphatic carbocycles. The van der Waals surface area contributed by atoms with Crippen molar-refractivity contribution in [2.75, 3.05) is 0 Å². The Balaban J connectivity index is 0. The van der Waals surface area contributed by atoms with Gasteiger partial charge < -0.3 is 0 Å². The summed E-state index contributed by atoms with van der Waals surface area (Å²) < 4.78 is 27.5. The minimum atomic E-state index is -5.22. The maximum absolute atomic E-state index is 9.16. The van der Waals surface area contributed by atoms with Crippen molar-refractivity contribution in [2.24, 2.45) is 0 Å². The van der Waals surface area contributed by atoms with Gasteiger partial charge in [0, 0.05) is 0 Å². The van der Waals surface area contributed by atoms with E-state index in [4.69, 9.17) is 17.1 Å². The molecule has 0 amide bonds. The third kappa shape index (κ3) is 10.8. The van der Waals surface area contributed by atoms with Crippen LogP contribution in [0.25, 0.3) is 0 Å². The fraction of sp³-hybridized carbons (Fsp3) is 0. The summed E-state index contributed by atoms with van der Waals surface area (Å²) in [4.78, 5) is 0.594. The van der Waals surface area contributed by atoms with E-state index in [1.54, 1.807) is 0 Å². The minimum Gasteiger partial charge on any atom is 1.00 e. The zero-order chi connectivity index (χ0) is 5.21. The van der Waals surface area contributed by atoms with Gasteiger partial charge in [-0.3, -0.25) is 0 Å². The van der Waals surface area contributed by atoms with Crippen LogP contribution in [0.4, 0.5) is 0 Å². The molecular formula is CNNaO3Se. The average molecular weight is 176 g/mol. The zero-order valence-corrected chi connectivity index (χ0v) is 7.29. The van der Waals surface area contributed by atoms with Crippen molar-refractivity contribution in [1.82, 2.24) is 0 Å². The third-order valence-electron chi connectivity index (χ3n) is 0.112. The largest absolute Gasteiger partial charge is 1.00 e. The van der Waals surface area contributed by atoms with E-state index in [-0.39, 0.29) is 29.6 Å². The second-order valence-corrected chi connectivity index (χ2v) is 2.83. The molecule has 0 heterocycles. The van der Waals surface area contributed by atoms with Gasteiger partial charge in [-0.1, -0.05) is 0 Å². The average Bonchev–Trinajstić information content (AvgIpc) is 1.35. The quantitative estimate of drug-likeness (QED) is 0.347. The van der Waals surface area contributed by atoms with Gasteiger partial charge in [-0.2, -0.15) is 0 Å². The third-order valence-corrected chi connectivity index (χ3v) is 0.581. The molecule has 0 aromatic rings. The van der Waals surface area contributed by atoms with Crippen molar-refractivity contribution in [1.29, 1.82) is 5.26 Å². The molecule has 0 aromatic carbocycles. The van der Waals surface area contributed by atoms with E-state index in [0.717, 1.165) is 0 Å². The van der Waals surface area contributed by atoms with Crippen LogP contribution in [0.1, 0.15) is 0 Å². The molecule has 0 bridgehead atoms. The van der Waals surface area contributed by atoms with Crippen molar-refractivity contribution >= 4 is 13.0 Å². The molecule has 0 atom stereocenters. The van der Waals surface area contributed by atoms with Crippen LogP contribution in [0.2, 0.25) is 0 Å². The van der Waals surface area contributed by atoms with Crippen molar-refractivity contribution in [2.45, 2.75) is 0 Å². The predicted octanol–water partition coefficient (Wildman–Crippen LogP) is -4.79. The van der Waals surface area contributed by atoms with Gasteiger partial charge in [0.05, 0.1) is 0 Å². The van der Waals surface area contributed by atoms with E-state index < -0.39 is 13.0 Å². The molecule has 0 unspecified atom stereocenters. The van der Waals surface area contributed by atoms with Gasteiger partial charge in [0.2, 0.25) is 0 Å². The second kappa shape index (κ2) is 3.56. The zero-order valence-electron chi connectivity index (χ0n) is 3.58. The topological polar surface area (TPSA) is 81.0 Å². The molecule has 0 spiro atoms. The van der Waals surface area contributed by atoms with Crippen LogP contribution < -0.4 is 33.7 Å². The normalized spacial score (nSPS) is 8.57. The van der Waals surface area contributed by atoms with E-state index in [1.165, 1.54) is 0 Å². The predicted molar refractivity (Wildman–Crippen MR) is 12.7 cm³/mol. The smallest absolute Gasteiger partial charge is 1.00 e. The molecule has 4 nitrogen and oxygen atoms in total. The van der Waals surface area contributed by atoms with Crippen molar-refractivity contribution in [3.05, 3.63) is 0 Å². The fourth-order valence-electron chi connectivity index (χ4n) is 0. The summed E-state index contributed by atoms with van der Waals surface area (Å²) in [6.45, 7) is 0. The van der Waals surface area contributed by atoms with Crippen LogP contribution in [0.5, 0.6) is 0 Å². The summed E-state index contributed by atoms with van der Waals surface area (Å²) in [6, 6.07) is 0.